The van der Waals surface area contributed by atoms with Crippen molar-refractivity contribution in [3.63, 3.8) is 0 Å². The van der Waals surface area contributed by atoms with Crippen LogP contribution in [0.1, 0.15) is 18.4 Å². The molecule has 0 spiro atoms. The van der Waals surface area contributed by atoms with Crippen LogP contribution in [0.15, 0.2) is 67.0 Å². The Bertz CT molecular complexity index is 1010. The van der Waals surface area contributed by atoms with Gasteiger partial charge in [0.15, 0.2) is 11.6 Å². The number of benzene rings is 2. The molecule has 1 aromatic heterocycles. The van der Waals surface area contributed by atoms with Crippen LogP contribution in [0.5, 0.6) is 0 Å². The summed E-state index contributed by atoms with van der Waals surface area (Å²) in [7, 11) is 0. The minimum Gasteiger partial charge on any atom is -0.326 e. The maximum atomic E-state index is 13.5. The normalized spacial score (nSPS) is 16.9. The highest BCUT2D eigenvalue weighted by atomic mass is 19.2. The smallest absolute Gasteiger partial charge is 0.228 e. The van der Waals surface area contributed by atoms with Gasteiger partial charge in [-0.15, -0.1) is 0 Å². The van der Waals surface area contributed by atoms with E-state index in [0.29, 0.717) is 18.7 Å². The van der Waals surface area contributed by atoms with Gasteiger partial charge in [-0.1, -0.05) is 24.3 Å². The van der Waals surface area contributed by atoms with Crippen molar-refractivity contribution in [3.05, 3.63) is 84.2 Å². The van der Waals surface area contributed by atoms with Gasteiger partial charge in [-0.3, -0.25) is 14.7 Å². The molecule has 4 rings (SSSR count). The second-order valence-corrected chi connectivity index (χ2v) is 7.63. The van der Waals surface area contributed by atoms with Gasteiger partial charge in [0, 0.05) is 31.2 Å². The Kier molecular flexibility index (Phi) is 6.14. The molecule has 0 aliphatic carbocycles. The number of nitrogens with one attached hydrogen (secondary N) is 1. The monoisotopic (exact) mass is 407 g/mol. The Hall–Kier alpha value is -3.12. The molecule has 2 aromatic carbocycles. The van der Waals surface area contributed by atoms with Crippen molar-refractivity contribution in [2.45, 2.75) is 19.4 Å². The van der Waals surface area contributed by atoms with Crippen molar-refractivity contribution in [1.29, 1.82) is 0 Å². The van der Waals surface area contributed by atoms with Crippen LogP contribution >= 0.6 is 0 Å². The molecular weight excluding hydrogens is 384 g/mol. The lowest BCUT2D eigenvalue weighted by Crippen LogP contribution is -2.40. The van der Waals surface area contributed by atoms with Gasteiger partial charge in [0.25, 0.3) is 0 Å². The van der Waals surface area contributed by atoms with E-state index < -0.39 is 11.6 Å². The second-order valence-electron chi connectivity index (χ2n) is 7.63. The van der Waals surface area contributed by atoms with Crippen LogP contribution in [0.2, 0.25) is 0 Å². The third kappa shape index (κ3) is 4.89. The highest BCUT2D eigenvalue weighted by Crippen LogP contribution is 2.23. The summed E-state index contributed by atoms with van der Waals surface area (Å²) in [5.74, 6) is -1.83. The van der Waals surface area contributed by atoms with Crippen LogP contribution < -0.4 is 5.32 Å². The SMILES string of the molecule is O=C(Nc1ccc(-c2cccnc2)cc1)C1CCCN(Cc2ccc(F)c(F)c2)C1. The average molecular weight is 407 g/mol. The van der Waals surface area contributed by atoms with Crippen molar-refractivity contribution < 1.29 is 13.6 Å². The second kappa shape index (κ2) is 9.13. The number of pyridine rings is 1. The molecule has 2 heterocycles. The van der Waals surface area contributed by atoms with Gasteiger partial charge < -0.3 is 5.32 Å². The van der Waals surface area contributed by atoms with Gasteiger partial charge >= 0.3 is 0 Å². The van der Waals surface area contributed by atoms with E-state index in [9.17, 15) is 13.6 Å². The summed E-state index contributed by atoms with van der Waals surface area (Å²) in [4.78, 5) is 19.0. The number of likely N-dealkylation sites (tertiary alicyclic amines) is 1. The fraction of sp³-hybridized carbons (Fsp3) is 0.250. The van der Waals surface area contributed by atoms with Gasteiger partial charge in [0.2, 0.25) is 5.91 Å². The number of anilines is 1. The molecule has 1 fully saturated rings. The third-order valence-corrected chi connectivity index (χ3v) is 5.41. The van der Waals surface area contributed by atoms with Gasteiger partial charge in [0.1, 0.15) is 0 Å². The van der Waals surface area contributed by atoms with Gasteiger partial charge in [-0.05, 0) is 66.4 Å². The molecule has 6 heteroatoms. The van der Waals surface area contributed by atoms with E-state index in [4.69, 9.17) is 0 Å². The molecule has 3 aromatic rings. The molecule has 0 bridgehead atoms. The quantitative estimate of drug-likeness (QED) is 0.656. The molecule has 0 saturated carbocycles. The molecule has 154 valence electrons. The van der Waals surface area contributed by atoms with E-state index in [1.807, 2.05) is 36.4 Å². The van der Waals surface area contributed by atoms with E-state index >= 15 is 0 Å². The van der Waals surface area contributed by atoms with Crippen LogP contribution in [0, 0.1) is 17.6 Å². The zero-order valence-electron chi connectivity index (χ0n) is 16.5. The molecule has 1 atom stereocenters. The maximum Gasteiger partial charge on any atom is 0.228 e. The zero-order chi connectivity index (χ0) is 20.9. The molecule has 1 saturated heterocycles. The van der Waals surface area contributed by atoms with E-state index in [-0.39, 0.29) is 11.8 Å². The summed E-state index contributed by atoms with van der Waals surface area (Å²) >= 11 is 0. The minimum atomic E-state index is -0.843. The van der Waals surface area contributed by atoms with Crippen LogP contribution in [0.3, 0.4) is 0 Å². The van der Waals surface area contributed by atoms with Crippen molar-refractivity contribution in [3.8, 4) is 11.1 Å². The largest absolute Gasteiger partial charge is 0.326 e. The van der Waals surface area contributed by atoms with Gasteiger partial charge in [0.05, 0.1) is 5.92 Å². The highest BCUT2D eigenvalue weighted by Gasteiger charge is 2.26. The molecule has 1 aliphatic heterocycles. The third-order valence-electron chi connectivity index (χ3n) is 5.41. The molecule has 4 nitrogen and oxygen atoms in total. The Morgan fingerprint density at radius 3 is 2.63 bits per heavy atom. The number of carbonyl (C=O) groups excluding carboxylic acids is 1. The zero-order valence-corrected chi connectivity index (χ0v) is 16.5. The van der Waals surface area contributed by atoms with Gasteiger partial charge in [-0.25, -0.2) is 8.78 Å². The van der Waals surface area contributed by atoms with E-state index in [0.717, 1.165) is 42.3 Å². The Morgan fingerprint density at radius 1 is 1.07 bits per heavy atom. The number of carbonyl (C=O) groups is 1. The lowest BCUT2D eigenvalue weighted by molar-refractivity contribution is -0.121. The molecule has 1 unspecified atom stereocenters. The number of aromatic nitrogens is 1. The molecule has 0 radical (unpaired) electrons. The predicted molar refractivity (Wildman–Crippen MR) is 113 cm³/mol. The predicted octanol–water partition coefficient (Wildman–Crippen LogP) is 4.88. The van der Waals surface area contributed by atoms with E-state index in [1.165, 1.54) is 6.07 Å². The molecule has 1 aliphatic rings. The lowest BCUT2D eigenvalue weighted by atomic mass is 9.96. The highest BCUT2D eigenvalue weighted by molar-refractivity contribution is 5.93. The topological polar surface area (TPSA) is 45.2 Å². The summed E-state index contributed by atoms with van der Waals surface area (Å²) in [6.07, 6.45) is 5.24. The van der Waals surface area contributed by atoms with Crippen molar-refractivity contribution >= 4 is 11.6 Å². The number of hydrogen-bond acceptors (Lipinski definition) is 3. The first-order chi connectivity index (χ1) is 14.6. The molecular formula is C24H23F2N3O. The first-order valence-electron chi connectivity index (χ1n) is 10.1. The number of hydrogen-bond donors (Lipinski definition) is 1. The summed E-state index contributed by atoms with van der Waals surface area (Å²) in [6, 6.07) is 15.5. The molecule has 1 amide bonds. The van der Waals surface area contributed by atoms with Crippen molar-refractivity contribution in [2.24, 2.45) is 5.92 Å². The van der Waals surface area contributed by atoms with E-state index in [1.54, 1.807) is 18.5 Å². The number of nitrogens with zero attached hydrogens (tertiary/aromatic N) is 2. The summed E-state index contributed by atoms with van der Waals surface area (Å²) < 4.78 is 26.6. The summed E-state index contributed by atoms with van der Waals surface area (Å²) in [5, 5.41) is 3.00. The van der Waals surface area contributed by atoms with Crippen LogP contribution in [0.25, 0.3) is 11.1 Å². The fourth-order valence-corrected chi connectivity index (χ4v) is 3.83. The van der Waals surface area contributed by atoms with Crippen molar-refractivity contribution in [1.82, 2.24) is 9.88 Å². The summed E-state index contributed by atoms with van der Waals surface area (Å²) in [6.45, 7) is 1.93. The first-order valence-corrected chi connectivity index (χ1v) is 10.1. The summed E-state index contributed by atoms with van der Waals surface area (Å²) in [5.41, 5.74) is 3.53. The first kappa shape index (κ1) is 20.2. The number of rotatable bonds is 5. The lowest BCUT2D eigenvalue weighted by Gasteiger charge is -2.32. The van der Waals surface area contributed by atoms with E-state index in [2.05, 4.69) is 15.2 Å². The number of piperidine rings is 1. The minimum absolute atomic E-state index is 0.0147. The average Bonchev–Trinajstić information content (AvgIpc) is 2.78. The molecule has 30 heavy (non-hydrogen) atoms. The Balaban J connectivity index is 1.35. The van der Waals surface area contributed by atoms with Crippen LogP contribution in [-0.2, 0) is 11.3 Å². The van der Waals surface area contributed by atoms with Gasteiger partial charge in [-0.2, -0.15) is 0 Å². The molecule has 1 N–H and O–H groups in total. The van der Waals surface area contributed by atoms with Crippen LogP contribution in [-0.4, -0.2) is 28.9 Å². The number of halogens is 2. The standard InChI is InChI=1S/C24H23F2N3O/c25-22-10-5-17(13-23(22)26)15-29-12-2-4-20(16-29)24(30)28-21-8-6-18(7-9-21)19-3-1-11-27-14-19/h1,3,5-11,13-14,20H,2,4,12,15-16H2,(H,28,30). The number of amides is 1. The van der Waals surface area contributed by atoms with Crippen LogP contribution in [0.4, 0.5) is 14.5 Å². The Labute approximate surface area is 174 Å². The fourth-order valence-electron chi connectivity index (χ4n) is 3.83. The van der Waals surface area contributed by atoms with Crippen molar-refractivity contribution in [2.75, 3.05) is 18.4 Å². The maximum absolute atomic E-state index is 13.5. The Morgan fingerprint density at radius 2 is 1.90 bits per heavy atom.